The molecule has 0 saturated heterocycles. The van der Waals surface area contributed by atoms with Crippen LogP contribution < -0.4 is 0 Å². The first-order chi connectivity index (χ1) is 20.2. The van der Waals surface area contributed by atoms with Crippen molar-refractivity contribution in [3.8, 4) is 0 Å². The first-order valence-corrected chi connectivity index (χ1v) is 29.8. The quantitative estimate of drug-likeness (QED) is 0.128. The molecule has 43 heavy (non-hydrogen) atoms. The Morgan fingerprint density at radius 1 is 0.442 bits per heavy atom. The summed E-state index contributed by atoms with van der Waals surface area (Å²) in [6.07, 6.45) is 6.08. The molecule has 0 bridgehead atoms. The number of fused-ring (bicyclic) bond motifs is 9. The average Bonchev–Trinajstić information content (AvgIpc) is 3.43. The van der Waals surface area contributed by atoms with Gasteiger partial charge in [-0.1, -0.05) is 92.1 Å². The Morgan fingerprint density at radius 3 is 0.837 bits per heavy atom. The van der Waals surface area contributed by atoms with Crippen LogP contribution in [0, 0.1) is 5.92 Å². The van der Waals surface area contributed by atoms with Crippen molar-refractivity contribution in [3.63, 3.8) is 0 Å². The molecule has 230 valence electrons. The Bertz CT molecular complexity index is 1250. The minimum atomic E-state index is -2.27. The maximum atomic E-state index is 6.74. The summed E-state index contributed by atoms with van der Waals surface area (Å²) in [5.41, 5.74) is 8.48. The fourth-order valence-corrected chi connectivity index (χ4v) is 14.5. The van der Waals surface area contributed by atoms with Gasteiger partial charge in [-0.2, -0.15) is 0 Å². The summed E-state index contributed by atoms with van der Waals surface area (Å²) < 4.78 is 0. The molecule has 0 amide bonds. The van der Waals surface area contributed by atoms with E-state index in [0.29, 0.717) is 5.92 Å². The van der Waals surface area contributed by atoms with Crippen LogP contribution in [0.5, 0.6) is 0 Å². The van der Waals surface area contributed by atoms with Gasteiger partial charge < -0.3 is 0 Å². The molecule has 0 spiro atoms. The summed E-state index contributed by atoms with van der Waals surface area (Å²) >= 11 is 40.4. The van der Waals surface area contributed by atoms with E-state index >= 15 is 0 Å². The molecule has 0 N–H and O–H groups in total. The number of rotatable bonds is 12. The van der Waals surface area contributed by atoms with Gasteiger partial charge in [0.25, 0.3) is 0 Å². The fourth-order valence-electron chi connectivity index (χ4n) is 9.69. The second kappa shape index (κ2) is 11.6. The number of hydrogen-bond donors (Lipinski definition) is 0. The third kappa shape index (κ3) is 5.47. The Balaban J connectivity index is 1.64. The molecule has 0 aliphatic heterocycles. The van der Waals surface area contributed by atoms with Crippen molar-refractivity contribution in [2.75, 3.05) is 0 Å². The van der Waals surface area contributed by atoms with Crippen molar-refractivity contribution in [3.05, 3.63) is 106 Å². The minimum Gasteiger partial charge on any atom is -0.146 e. The summed E-state index contributed by atoms with van der Waals surface area (Å²) in [6, 6.07) is 30.6. The van der Waals surface area contributed by atoms with Crippen molar-refractivity contribution in [1.29, 1.82) is 0 Å². The topological polar surface area (TPSA) is 0 Å². The van der Waals surface area contributed by atoms with Crippen molar-refractivity contribution in [2.45, 2.75) is 92.5 Å². The molecule has 0 aromatic heterocycles. The van der Waals surface area contributed by atoms with Crippen LogP contribution in [0.2, 0.25) is 37.8 Å². The zero-order chi connectivity index (χ0) is 30.9. The lowest BCUT2D eigenvalue weighted by atomic mass is 9.58. The van der Waals surface area contributed by atoms with Crippen LogP contribution >= 0.6 is 66.5 Å². The molecular formula is C34H40Cl6Si3. The van der Waals surface area contributed by atoms with Crippen LogP contribution in [-0.2, 0) is 16.2 Å². The highest BCUT2D eigenvalue weighted by molar-refractivity contribution is 7.45. The predicted octanol–water partition coefficient (Wildman–Crippen LogP) is 12.5. The molecular weight excluding hydrogens is 705 g/mol. The van der Waals surface area contributed by atoms with Gasteiger partial charge in [-0.05, 0) is 90.4 Å². The van der Waals surface area contributed by atoms with Crippen molar-refractivity contribution < 1.29 is 0 Å². The van der Waals surface area contributed by atoms with Crippen LogP contribution in [0.25, 0.3) is 0 Å². The summed E-state index contributed by atoms with van der Waals surface area (Å²) in [5, 5.41) is 0. The molecule has 9 heteroatoms. The first kappa shape index (κ1) is 33.0. The van der Waals surface area contributed by atoms with E-state index < -0.39 is 20.1 Å². The molecule has 0 unspecified atom stereocenters. The van der Waals surface area contributed by atoms with E-state index in [9.17, 15) is 0 Å². The SMILES string of the molecule is C[Si](Cl)(Cl)CCCC12c3ccccc3C3(CCC[Si](C)(Cl)Cl)c4ccccc4C(CCC[Si](C)(Cl)Cl)(c4ccccc41)C23. The molecule has 0 radical (unpaired) electrons. The molecule has 6 rings (SSSR count). The molecule has 0 saturated carbocycles. The molecule has 0 nitrogen and oxygen atoms in total. The van der Waals surface area contributed by atoms with Gasteiger partial charge in [0.1, 0.15) is 0 Å². The normalized spacial score (nSPS) is 27.1. The van der Waals surface area contributed by atoms with Crippen LogP contribution in [-0.4, -0.2) is 20.1 Å². The Morgan fingerprint density at radius 2 is 0.651 bits per heavy atom. The summed E-state index contributed by atoms with van der Waals surface area (Å²) in [6.45, 7) is -0.645. The molecule has 0 fully saturated rings. The largest absolute Gasteiger partial charge is 0.248 e. The molecule has 0 heterocycles. The van der Waals surface area contributed by atoms with Gasteiger partial charge >= 0.3 is 0 Å². The highest BCUT2D eigenvalue weighted by Crippen LogP contribution is 2.79. The summed E-state index contributed by atoms with van der Waals surface area (Å²) in [4.78, 5) is 0. The van der Waals surface area contributed by atoms with E-state index in [-0.39, 0.29) is 16.2 Å². The van der Waals surface area contributed by atoms with Gasteiger partial charge in [0, 0.05) is 22.2 Å². The van der Waals surface area contributed by atoms with Gasteiger partial charge in [-0.15, -0.1) is 66.5 Å². The second-order valence-corrected chi connectivity index (χ2v) is 38.4. The van der Waals surface area contributed by atoms with Gasteiger partial charge in [0.15, 0.2) is 0 Å². The highest BCUT2D eigenvalue weighted by Gasteiger charge is 2.75. The van der Waals surface area contributed by atoms with E-state index in [1.54, 1.807) is 0 Å². The van der Waals surface area contributed by atoms with E-state index in [4.69, 9.17) is 66.5 Å². The smallest absolute Gasteiger partial charge is 0.146 e. The number of halogens is 6. The summed E-state index contributed by atoms with van der Waals surface area (Å²) in [7, 11) is 0. The van der Waals surface area contributed by atoms with Gasteiger partial charge in [0.2, 0.25) is 20.1 Å². The van der Waals surface area contributed by atoms with E-state index in [1.165, 1.54) is 33.4 Å². The lowest BCUT2D eigenvalue weighted by Gasteiger charge is -2.43. The fraction of sp³-hybridized carbons (Fsp3) is 0.471. The number of benzene rings is 3. The van der Waals surface area contributed by atoms with Crippen LogP contribution in [0.3, 0.4) is 0 Å². The van der Waals surface area contributed by atoms with Crippen molar-refractivity contribution in [1.82, 2.24) is 0 Å². The predicted molar refractivity (Wildman–Crippen MR) is 197 cm³/mol. The van der Waals surface area contributed by atoms with Gasteiger partial charge in [-0.3, -0.25) is 0 Å². The van der Waals surface area contributed by atoms with E-state index in [0.717, 1.165) is 56.7 Å². The zero-order valence-corrected chi connectivity index (χ0v) is 32.7. The maximum absolute atomic E-state index is 6.74. The van der Waals surface area contributed by atoms with Gasteiger partial charge in [-0.25, -0.2) is 0 Å². The van der Waals surface area contributed by atoms with E-state index in [2.05, 4.69) is 92.4 Å². The molecule has 3 aliphatic rings. The third-order valence-electron chi connectivity index (χ3n) is 10.7. The maximum Gasteiger partial charge on any atom is 0.248 e. The minimum absolute atomic E-state index is 0.148. The number of hydrogen-bond acceptors (Lipinski definition) is 0. The van der Waals surface area contributed by atoms with Gasteiger partial charge in [0.05, 0.1) is 0 Å². The Labute approximate surface area is 289 Å². The van der Waals surface area contributed by atoms with Crippen molar-refractivity contribution in [2.24, 2.45) is 5.92 Å². The second-order valence-electron chi connectivity index (χ2n) is 13.8. The Hall–Kier alpha value is 0.0506. The lowest BCUT2D eigenvalue weighted by molar-refractivity contribution is 0.180. The molecule has 3 aromatic carbocycles. The summed E-state index contributed by atoms with van der Waals surface area (Å²) in [5.74, 6) is 0.329. The van der Waals surface area contributed by atoms with Crippen molar-refractivity contribution >= 4 is 86.6 Å². The average molecular weight is 746 g/mol. The molecule has 0 atom stereocenters. The van der Waals surface area contributed by atoms with Crippen LogP contribution in [0.15, 0.2) is 72.8 Å². The van der Waals surface area contributed by atoms with Crippen LogP contribution in [0.4, 0.5) is 0 Å². The highest BCUT2D eigenvalue weighted by atomic mass is 35.7. The standard InChI is InChI=1S/C34H40Cl6Si3/c1-41(35,36)22-10-19-32-25-13-4-6-15-27(25)33(20-11-23-42(2,37)38)29-17-8-9-18-30(29)34(31(32)33,21-12-24-43(3,39)40)28-16-7-5-14-26(28)32/h4-9,13-18,31H,10-12,19-24H2,1-3H3. The lowest BCUT2D eigenvalue weighted by Crippen LogP contribution is -2.44. The molecule has 3 aliphatic carbocycles. The molecule has 3 aromatic rings. The third-order valence-corrected chi connectivity index (χ3v) is 17.8. The monoisotopic (exact) mass is 742 g/mol. The first-order valence-electron chi connectivity index (χ1n) is 15.6. The zero-order valence-electron chi connectivity index (χ0n) is 25.1. The Kier molecular flexibility index (Phi) is 8.92. The van der Waals surface area contributed by atoms with Crippen LogP contribution in [0.1, 0.15) is 71.9 Å². The van der Waals surface area contributed by atoms with E-state index in [1.807, 2.05) is 0 Å².